The van der Waals surface area contributed by atoms with E-state index in [0.29, 0.717) is 40.8 Å². The highest BCUT2D eigenvalue weighted by Crippen LogP contribution is 2.30. The van der Waals surface area contributed by atoms with E-state index in [1.165, 1.54) is 6.08 Å². The van der Waals surface area contributed by atoms with Gasteiger partial charge in [0.05, 0.1) is 18.1 Å². The molecule has 0 saturated carbocycles. The number of hydrogen-bond acceptors (Lipinski definition) is 6. The molecule has 0 radical (unpaired) electrons. The van der Waals surface area contributed by atoms with Crippen molar-refractivity contribution < 1.29 is 23.5 Å². The van der Waals surface area contributed by atoms with Crippen molar-refractivity contribution in [2.45, 2.75) is 44.8 Å². The monoisotopic (exact) mass is 477 g/mol. The molecule has 180 valence electrons. The summed E-state index contributed by atoms with van der Waals surface area (Å²) in [6.45, 7) is 7.24. The molecule has 33 heavy (non-hydrogen) atoms. The fraction of sp³-hybridized carbons (Fsp3) is 0.667. The summed E-state index contributed by atoms with van der Waals surface area (Å²) in [7, 11) is 0. The van der Waals surface area contributed by atoms with Gasteiger partial charge in [-0.25, -0.2) is 9.38 Å². The average Bonchev–Trinajstić information content (AvgIpc) is 2.81. The Morgan fingerprint density at radius 2 is 1.94 bits per heavy atom. The summed E-state index contributed by atoms with van der Waals surface area (Å²) < 4.78 is 26.0. The Hall–Kier alpha value is -2.00. The summed E-state index contributed by atoms with van der Waals surface area (Å²) in [4.78, 5) is 35.0. The smallest absolute Gasteiger partial charge is 0.263 e. The Bertz CT molecular complexity index is 884. The lowest BCUT2D eigenvalue weighted by Gasteiger charge is -2.33. The number of allylic oxidation sites excluding steroid dienone is 2. The van der Waals surface area contributed by atoms with Gasteiger partial charge in [-0.15, -0.1) is 0 Å². The van der Waals surface area contributed by atoms with Gasteiger partial charge in [0.1, 0.15) is 23.3 Å². The van der Waals surface area contributed by atoms with Crippen LogP contribution in [0.25, 0.3) is 0 Å². The molecular weight excluding hydrogens is 445 g/mol. The zero-order chi connectivity index (χ0) is 23.4. The Labute approximate surface area is 198 Å². The van der Waals surface area contributed by atoms with Gasteiger partial charge in [0.15, 0.2) is 0 Å². The lowest BCUT2D eigenvalue weighted by atomic mass is 9.94. The molecule has 1 aliphatic carbocycles. The minimum absolute atomic E-state index is 0.00810. The van der Waals surface area contributed by atoms with Crippen molar-refractivity contribution in [3.05, 3.63) is 23.7 Å². The van der Waals surface area contributed by atoms with Crippen LogP contribution in [0.1, 0.15) is 39.5 Å². The number of likely N-dealkylation sites (tertiary alicyclic amines) is 1. The van der Waals surface area contributed by atoms with Crippen molar-refractivity contribution in [1.82, 2.24) is 4.90 Å². The molecule has 7 nitrogen and oxygen atoms in total. The zero-order valence-electron chi connectivity index (χ0n) is 19.3. The number of thioether (sulfide) groups is 1. The van der Waals surface area contributed by atoms with Gasteiger partial charge in [-0.05, 0) is 31.6 Å². The molecule has 3 heterocycles. The third-order valence-electron chi connectivity index (χ3n) is 6.41. The van der Waals surface area contributed by atoms with Gasteiger partial charge in [-0.1, -0.05) is 13.8 Å². The van der Waals surface area contributed by atoms with E-state index in [4.69, 9.17) is 9.47 Å². The van der Waals surface area contributed by atoms with E-state index in [9.17, 15) is 14.0 Å². The molecule has 2 amide bonds. The number of carbonyl (C=O) groups is 2. The first-order valence-electron chi connectivity index (χ1n) is 11.8. The highest BCUT2D eigenvalue weighted by atomic mass is 32.2. The van der Waals surface area contributed by atoms with Crippen LogP contribution in [-0.4, -0.2) is 72.2 Å². The highest BCUT2D eigenvalue weighted by Gasteiger charge is 2.35. The first-order valence-corrected chi connectivity index (χ1v) is 12.8. The molecule has 1 unspecified atom stereocenters. The van der Waals surface area contributed by atoms with Crippen LogP contribution in [0.5, 0.6) is 0 Å². The fourth-order valence-corrected chi connectivity index (χ4v) is 5.46. The molecule has 4 rings (SSSR count). The van der Waals surface area contributed by atoms with E-state index in [2.05, 4.69) is 9.98 Å². The van der Waals surface area contributed by atoms with Gasteiger partial charge < -0.3 is 14.4 Å². The number of fused-ring (bicyclic) bond motifs is 1. The summed E-state index contributed by atoms with van der Waals surface area (Å²) in [5, 5.41) is 0.467. The van der Waals surface area contributed by atoms with Crippen LogP contribution in [0.3, 0.4) is 0 Å². The lowest BCUT2D eigenvalue weighted by Crippen LogP contribution is -2.41. The van der Waals surface area contributed by atoms with Crippen LogP contribution >= 0.6 is 11.8 Å². The summed E-state index contributed by atoms with van der Waals surface area (Å²) in [6, 6.07) is 0. The molecule has 0 bridgehead atoms. The number of hydrogen-bond donors (Lipinski definition) is 0. The van der Waals surface area contributed by atoms with E-state index < -0.39 is 17.7 Å². The number of rotatable bonds is 7. The fourth-order valence-electron chi connectivity index (χ4n) is 4.42. The van der Waals surface area contributed by atoms with Gasteiger partial charge in [-0.2, -0.15) is 16.8 Å². The van der Waals surface area contributed by atoms with E-state index >= 15 is 0 Å². The Morgan fingerprint density at radius 3 is 2.64 bits per heavy atom. The van der Waals surface area contributed by atoms with Gasteiger partial charge in [0.2, 0.25) is 5.91 Å². The number of carbonyl (C=O) groups excluding carboxylic acids is 2. The maximum absolute atomic E-state index is 14.7. The third kappa shape index (κ3) is 6.12. The number of aliphatic imine (C=N–C) groups is 2. The first kappa shape index (κ1) is 24.1. The van der Waals surface area contributed by atoms with Crippen LogP contribution in [0, 0.1) is 17.8 Å². The van der Waals surface area contributed by atoms with Crippen molar-refractivity contribution >= 4 is 35.1 Å². The molecule has 2 fully saturated rings. The summed E-state index contributed by atoms with van der Waals surface area (Å²) in [5.74, 6) is -0.289. The standard InChI is InChI=1S/C24H32FN3O4S/c1-15(2)24(30)28-7-3-16(4-8-28)13-32-17-11-19(25)22-20(12-17)26-21(27-23(22)29)14-33-18-5-9-31-10-6-18/h11-12,15-16,18,22H,3-10,13-14H2,1-2H3. The summed E-state index contributed by atoms with van der Waals surface area (Å²) in [6.07, 6.45) is 6.61. The third-order valence-corrected chi connectivity index (χ3v) is 7.78. The van der Waals surface area contributed by atoms with Crippen molar-refractivity contribution in [2.24, 2.45) is 27.7 Å². The Kier molecular flexibility index (Phi) is 8.01. The van der Waals surface area contributed by atoms with E-state index in [1.54, 1.807) is 17.8 Å². The van der Waals surface area contributed by atoms with Gasteiger partial charge in [0, 0.05) is 49.6 Å². The lowest BCUT2D eigenvalue weighted by molar-refractivity contribution is -0.136. The molecule has 3 aliphatic heterocycles. The predicted octanol–water partition coefficient (Wildman–Crippen LogP) is 3.56. The number of piperidine rings is 1. The molecule has 0 spiro atoms. The second kappa shape index (κ2) is 11.0. The zero-order valence-corrected chi connectivity index (χ0v) is 20.1. The first-order chi connectivity index (χ1) is 15.9. The topological polar surface area (TPSA) is 80.6 Å². The number of amidine groups is 1. The van der Waals surface area contributed by atoms with Crippen LogP contribution in [0.15, 0.2) is 33.7 Å². The second-order valence-corrected chi connectivity index (χ2v) is 10.6. The van der Waals surface area contributed by atoms with E-state index in [0.717, 1.165) is 52.0 Å². The highest BCUT2D eigenvalue weighted by molar-refractivity contribution is 8.00. The minimum atomic E-state index is -1.06. The van der Waals surface area contributed by atoms with Crippen molar-refractivity contribution in [1.29, 1.82) is 0 Å². The van der Waals surface area contributed by atoms with Gasteiger partial charge >= 0.3 is 0 Å². The molecule has 9 heteroatoms. The number of nitrogens with zero attached hydrogens (tertiary/aromatic N) is 3. The molecule has 1 atom stereocenters. The predicted molar refractivity (Wildman–Crippen MR) is 127 cm³/mol. The van der Waals surface area contributed by atoms with Crippen LogP contribution in [0.4, 0.5) is 4.39 Å². The molecule has 0 aromatic rings. The van der Waals surface area contributed by atoms with Crippen molar-refractivity contribution in [3.8, 4) is 0 Å². The SMILES string of the molecule is CC(C)C(=O)N1CCC(COC2=CC3=NC(CSC4CCOCC4)=NC(=O)C3C(F)=C2)CC1. The van der Waals surface area contributed by atoms with Crippen molar-refractivity contribution in [3.63, 3.8) is 0 Å². The number of ether oxygens (including phenoxy) is 2. The quantitative estimate of drug-likeness (QED) is 0.560. The summed E-state index contributed by atoms with van der Waals surface area (Å²) in [5.41, 5.74) is 0.366. The summed E-state index contributed by atoms with van der Waals surface area (Å²) >= 11 is 1.72. The van der Waals surface area contributed by atoms with Gasteiger partial charge in [-0.3, -0.25) is 9.59 Å². The normalized spacial score (nSPS) is 24.7. The molecule has 2 saturated heterocycles. The maximum atomic E-state index is 14.7. The Morgan fingerprint density at radius 1 is 1.21 bits per heavy atom. The molecule has 0 aromatic heterocycles. The average molecular weight is 478 g/mol. The van der Waals surface area contributed by atoms with Crippen LogP contribution < -0.4 is 0 Å². The molecule has 0 aromatic carbocycles. The van der Waals surface area contributed by atoms with Gasteiger partial charge in [0.25, 0.3) is 5.91 Å². The Balaban J connectivity index is 1.32. The van der Waals surface area contributed by atoms with Crippen molar-refractivity contribution in [2.75, 3.05) is 38.7 Å². The number of halogens is 1. The van der Waals surface area contributed by atoms with Crippen LogP contribution in [0.2, 0.25) is 0 Å². The van der Waals surface area contributed by atoms with E-state index in [1.807, 2.05) is 18.7 Å². The second-order valence-electron chi connectivity index (χ2n) is 9.27. The van der Waals surface area contributed by atoms with E-state index in [-0.39, 0.29) is 11.8 Å². The molecular formula is C24H32FN3O4S. The minimum Gasteiger partial charge on any atom is -0.493 e. The molecule has 0 N–H and O–H groups in total. The largest absolute Gasteiger partial charge is 0.493 e. The maximum Gasteiger partial charge on any atom is 0.263 e. The number of amides is 2. The van der Waals surface area contributed by atoms with Crippen LogP contribution in [-0.2, 0) is 19.1 Å². The molecule has 4 aliphatic rings.